The standard InChI is InChI=1S/C4H3F3O3.4ClH.Sn/c1-2(8)10-3(9)4(5,6)7;;;;;/h1H3;4*1H;/q;;;;;+4/p-4. The van der Waals surface area contributed by atoms with Gasteiger partial charge in [0.1, 0.15) is 0 Å². The molecule has 0 aromatic carbocycles. The Hall–Kier alpha value is 0.889. The third-order valence-electron chi connectivity index (χ3n) is 0.468. The Morgan fingerprint density at radius 2 is 1.40 bits per heavy atom. The van der Waals surface area contributed by atoms with Crippen molar-refractivity contribution in [1.82, 2.24) is 0 Å². The average molecular weight is 417 g/mol. The first-order chi connectivity index (χ1) is 6.34. The van der Waals surface area contributed by atoms with Crippen LogP contribution in [0.3, 0.4) is 0 Å². The molecule has 0 radical (unpaired) electrons. The number of ether oxygens (including phenoxy) is 1. The van der Waals surface area contributed by atoms with Crippen LogP contribution in [-0.4, -0.2) is 32.0 Å². The van der Waals surface area contributed by atoms with E-state index in [9.17, 15) is 22.8 Å². The summed E-state index contributed by atoms with van der Waals surface area (Å²) in [6, 6.07) is 0. The molecule has 0 amide bonds. The number of alkyl halides is 3. The summed E-state index contributed by atoms with van der Waals surface area (Å²) in [5, 5.41) is 0. The van der Waals surface area contributed by atoms with Gasteiger partial charge in [0.15, 0.2) is 0 Å². The summed E-state index contributed by atoms with van der Waals surface area (Å²) in [7, 11) is 20.1. The van der Waals surface area contributed by atoms with Crippen LogP contribution in [0.4, 0.5) is 13.2 Å². The molecule has 0 aromatic rings. The Morgan fingerprint density at radius 3 is 1.47 bits per heavy atom. The Labute approximate surface area is 101 Å². The number of halogens is 7. The topological polar surface area (TPSA) is 43.4 Å². The second-order valence-corrected chi connectivity index (χ2v) is 27.3. The van der Waals surface area contributed by atoms with Gasteiger partial charge < -0.3 is 4.74 Å². The van der Waals surface area contributed by atoms with E-state index in [0.29, 0.717) is 6.92 Å². The van der Waals surface area contributed by atoms with Gasteiger partial charge >= 0.3 is 67.7 Å². The van der Waals surface area contributed by atoms with Gasteiger partial charge in [0, 0.05) is 6.92 Å². The average Bonchev–Trinajstić information content (AvgIpc) is 1.78. The molecule has 0 rings (SSSR count). The summed E-state index contributed by atoms with van der Waals surface area (Å²) in [6.07, 6.45) is -5.09. The van der Waals surface area contributed by atoms with Crippen LogP contribution in [0.5, 0.6) is 0 Å². The zero-order valence-corrected chi connectivity index (χ0v) is 12.7. The molecule has 0 unspecified atom stereocenters. The number of esters is 2. The normalized spacial score (nSPS) is 11.2. The molecule has 0 saturated heterocycles. The summed E-state index contributed by atoms with van der Waals surface area (Å²) < 4.78 is 36.8. The van der Waals surface area contributed by atoms with Crippen molar-refractivity contribution >= 4 is 61.5 Å². The summed E-state index contributed by atoms with van der Waals surface area (Å²) in [5.74, 6) is -3.76. The first kappa shape index (κ1) is 18.3. The van der Waals surface area contributed by atoms with E-state index >= 15 is 0 Å². The van der Waals surface area contributed by atoms with Gasteiger partial charge in [-0.2, -0.15) is 13.2 Å². The fourth-order valence-electron chi connectivity index (χ4n) is 0.188. The Kier molecular flexibility index (Phi) is 8.84. The van der Waals surface area contributed by atoms with Gasteiger partial charge in [-0.25, -0.2) is 4.79 Å². The van der Waals surface area contributed by atoms with Crippen LogP contribution in [0.2, 0.25) is 0 Å². The second-order valence-electron chi connectivity index (χ2n) is 1.81. The molecule has 15 heavy (non-hydrogen) atoms. The molecule has 0 aliphatic heterocycles. The maximum absolute atomic E-state index is 11.2. The van der Waals surface area contributed by atoms with Gasteiger partial charge in [-0.3, -0.25) is 4.79 Å². The van der Waals surface area contributed by atoms with Crippen LogP contribution < -0.4 is 0 Å². The molecule has 0 atom stereocenters. The Bertz CT molecular complexity index is 232. The Balaban J connectivity index is 0. The van der Waals surface area contributed by atoms with E-state index < -0.39 is 32.0 Å². The molecule has 90 valence electrons. The molecule has 11 heteroatoms. The third kappa shape index (κ3) is 20.9. The molecular weight excluding hydrogens is 414 g/mol. The molecule has 3 nitrogen and oxygen atoms in total. The number of carbonyl (C=O) groups is 2. The van der Waals surface area contributed by atoms with Crippen molar-refractivity contribution in [2.24, 2.45) is 0 Å². The molecule has 0 aliphatic carbocycles. The van der Waals surface area contributed by atoms with Crippen LogP contribution in [0.1, 0.15) is 6.92 Å². The number of rotatable bonds is 0. The first-order valence-electron chi connectivity index (χ1n) is 2.89. The number of hydrogen-bond acceptors (Lipinski definition) is 3. The van der Waals surface area contributed by atoms with Crippen molar-refractivity contribution < 1.29 is 27.5 Å². The van der Waals surface area contributed by atoms with Gasteiger partial charge in [0.05, 0.1) is 0 Å². The SMILES string of the molecule is CC(=O)OC(=O)C(F)(F)F.[Cl][Sn]([Cl])([Cl])[Cl]. The van der Waals surface area contributed by atoms with Crippen molar-refractivity contribution in [3.8, 4) is 0 Å². The fraction of sp³-hybridized carbons (Fsp3) is 0.500. The fourth-order valence-corrected chi connectivity index (χ4v) is 0.188. The van der Waals surface area contributed by atoms with E-state index in [0.717, 1.165) is 0 Å². The summed E-state index contributed by atoms with van der Waals surface area (Å²) in [6.45, 7) is 0.712. The molecular formula is C4H3Cl4F3O3Sn. The van der Waals surface area contributed by atoms with E-state index in [4.69, 9.17) is 35.7 Å². The molecule has 0 fully saturated rings. The van der Waals surface area contributed by atoms with Crippen LogP contribution in [0.15, 0.2) is 0 Å². The van der Waals surface area contributed by atoms with Gasteiger partial charge in [-0.05, 0) is 0 Å². The zero-order valence-electron chi connectivity index (χ0n) is 6.87. The molecule has 0 N–H and O–H groups in total. The first-order valence-corrected chi connectivity index (χ1v) is 17.3. The van der Waals surface area contributed by atoms with Crippen molar-refractivity contribution in [3.63, 3.8) is 0 Å². The number of carbonyl (C=O) groups excluding carboxylic acids is 2. The molecule has 0 heterocycles. The molecule has 0 bridgehead atoms. The number of hydrogen-bond donors (Lipinski definition) is 0. The van der Waals surface area contributed by atoms with Crippen LogP contribution in [0, 0.1) is 0 Å². The third-order valence-corrected chi connectivity index (χ3v) is 0.468. The van der Waals surface area contributed by atoms with Crippen molar-refractivity contribution in [2.75, 3.05) is 0 Å². The summed E-state index contributed by atoms with van der Waals surface area (Å²) in [5.41, 5.74) is 0. The van der Waals surface area contributed by atoms with Gasteiger partial charge in [0.25, 0.3) is 0 Å². The summed E-state index contributed by atoms with van der Waals surface area (Å²) in [4.78, 5) is 19.5. The van der Waals surface area contributed by atoms with E-state index in [1.807, 2.05) is 0 Å². The summed E-state index contributed by atoms with van der Waals surface area (Å²) >= 11 is -3.29. The van der Waals surface area contributed by atoms with Crippen molar-refractivity contribution in [1.29, 1.82) is 0 Å². The monoisotopic (exact) mass is 416 g/mol. The maximum atomic E-state index is 11.2. The molecule has 0 aliphatic rings. The van der Waals surface area contributed by atoms with E-state index in [1.165, 1.54) is 0 Å². The zero-order chi connectivity index (χ0) is 12.9. The van der Waals surface area contributed by atoms with Crippen molar-refractivity contribution in [2.45, 2.75) is 13.1 Å². The predicted octanol–water partition coefficient (Wildman–Crippen LogP) is 3.02. The molecule has 0 aromatic heterocycles. The van der Waals surface area contributed by atoms with Gasteiger partial charge in [-0.15, -0.1) is 0 Å². The minimum atomic E-state index is -5.09. The van der Waals surface area contributed by atoms with E-state index in [1.54, 1.807) is 0 Å². The molecule has 0 spiro atoms. The van der Waals surface area contributed by atoms with Crippen LogP contribution in [0.25, 0.3) is 0 Å². The van der Waals surface area contributed by atoms with Gasteiger partial charge in [-0.1, -0.05) is 0 Å². The second kappa shape index (κ2) is 7.26. The molecule has 0 saturated carbocycles. The van der Waals surface area contributed by atoms with Crippen molar-refractivity contribution in [3.05, 3.63) is 0 Å². The van der Waals surface area contributed by atoms with Crippen LogP contribution in [-0.2, 0) is 14.3 Å². The predicted molar refractivity (Wildman–Crippen MR) is 52.0 cm³/mol. The van der Waals surface area contributed by atoms with Gasteiger partial charge in [0.2, 0.25) is 0 Å². The van der Waals surface area contributed by atoms with Crippen LogP contribution >= 0.6 is 35.7 Å². The van der Waals surface area contributed by atoms with E-state index in [2.05, 4.69) is 4.74 Å². The van der Waals surface area contributed by atoms with E-state index in [-0.39, 0.29) is 0 Å². The minimum absolute atomic E-state index is 0.712. The quantitative estimate of drug-likeness (QED) is 0.346. The Morgan fingerprint density at radius 1 is 1.13 bits per heavy atom.